The Morgan fingerprint density at radius 2 is 2.25 bits per heavy atom. The van der Waals surface area contributed by atoms with Crippen molar-refractivity contribution in [3.05, 3.63) is 34.1 Å². The van der Waals surface area contributed by atoms with Crippen LogP contribution in [0.2, 0.25) is 0 Å². The standard InChI is InChI=1S/C12H17BrFNS/c1-3-15-11(8-16-2)7-9-6-10(13)4-5-12(9)14/h4-6,11,15H,3,7-8H2,1-2H3. The Hall–Kier alpha value is -0.0600. The molecule has 0 heterocycles. The van der Waals surface area contributed by atoms with E-state index in [0.717, 1.165) is 28.8 Å². The molecular formula is C12H17BrFNS. The van der Waals surface area contributed by atoms with Crippen molar-refractivity contribution < 1.29 is 4.39 Å². The third-order valence-electron chi connectivity index (χ3n) is 2.33. The zero-order valence-electron chi connectivity index (χ0n) is 9.59. The first-order valence-electron chi connectivity index (χ1n) is 5.33. The Morgan fingerprint density at radius 3 is 2.88 bits per heavy atom. The van der Waals surface area contributed by atoms with E-state index < -0.39 is 0 Å². The number of hydrogen-bond donors (Lipinski definition) is 1. The van der Waals surface area contributed by atoms with E-state index in [0.29, 0.717) is 6.04 Å². The van der Waals surface area contributed by atoms with Gasteiger partial charge in [-0.25, -0.2) is 4.39 Å². The molecule has 0 radical (unpaired) electrons. The highest BCUT2D eigenvalue weighted by molar-refractivity contribution is 9.10. The molecule has 16 heavy (non-hydrogen) atoms. The normalized spacial score (nSPS) is 12.8. The number of nitrogens with one attached hydrogen (secondary N) is 1. The number of rotatable bonds is 6. The fraction of sp³-hybridized carbons (Fsp3) is 0.500. The molecule has 0 bridgehead atoms. The highest BCUT2D eigenvalue weighted by atomic mass is 79.9. The Labute approximate surface area is 109 Å². The van der Waals surface area contributed by atoms with Crippen molar-refractivity contribution >= 4 is 27.7 Å². The summed E-state index contributed by atoms with van der Waals surface area (Å²) in [7, 11) is 0. The number of halogens is 2. The SMILES string of the molecule is CCNC(CSC)Cc1cc(Br)ccc1F. The topological polar surface area (TPSA) is 12.0 Å². The van der Waals surface area contributed by atoms with Gasteiger partial charge in [-0.1, -0.05) is 22.9 Å². The first-order chi connectivity index (χ1) is 7.67. The molecule has 0 saturated carbocycles. The van der Waals surface area contributed by atoms with Gasteiger partial charge in [0.05, 0.1) is 0 Å². The minimum Gasteiger partial charge on any atom is -0.313 e. The van der Waals surface area contributed by atoms with Crippen molar-refractivity contribution in [2.45, 2.75) is 19.4 Å². The fourth-order valence-electron chi connectivity index (χ4n) is 1.65. The minimum absolute atomic E-state index is 0.118. The first-order valence-corrected chi connectivity index (χ1v) is 7.52. The number of benzene rings is 1. The molecule has 1 atom stereocenters. The molecule has 0 aromatic heterocycles. The molecule has 0 amide bonds. The number of thioether (sulfide) groups is 1. The average Bonchev–Trinajstić information content (AvgIpc) is 2.24. The molecule has 4 heteroatoms. The van der Waals surface area contributed by atoms with Crippen LogP contribution in [0.4, 0.5) is 4.39 Å². The van der Waals surface area contributed by atoms with E-state index in [1.807, 2.05) is 6.07 Å². The fourth-order valence-corrected chi connectivity index (χ4v) is 2.69. The average molecular weight is 306 g/mol. The van der Waals surface area contributed by atoms with E-state index in [9.17, 15) is 4.39 Å². The lowest BCUT2D eigenvalue weighted by atomic mass is 10.1. The third-order valence-corrected chi connectivity index (χ3v) is 3.56. The zero-order valence-corrected chi connectivity index (χ0v) is 12.0. The second kappa shape index (κ2) is 7.30. The van der Waals surface area contributed by atoms with E-state index in [-0.39, 0.29) is 5.82 Å². The van der Waals surface area contributed by atoms with Gasteiger partial charge in [0, 0.05) is 16.3 Å². The summed E-state index contributed by atoms with van der Waals surface area (Å²) in [4.78, 5) is 0. The maximum Gasteiger partial charge on any atom is 0.126 e. The Balaban J connectivity index is 2.71. The molecule has 1 rings (SSSR count). The predicted octanol–water partition coefficient (Wildman–Crippen LogP) is 3.47. The summed E-state index contributed by atoms with van der Waals surface area (Å²) < 4.78 is 14.5. The van der Waals surface area contributed by atoms with E-state index in [4.69, 9.17) is 0 Å². The highest BCUT2D eigenvalue weighted by Gasteiger charge is 2.11. The molecule has 0 fully saturated rings. The van der Waals surface area contributed by atoms with E-state index in [1.165, 1.54) is 6.07 Å². The molecule has 0 aliphatic rings. The summed E-state index contributed by atoms with van der Waals surface area (Å²) in [5.74, 6) is 0.881. The minimum atomic E-state index is -0.118. The monoisotopic (exact) mass is 305 g/mol. The number of hydrogen-bond acceptors (Lipinski definition) is 2. The lowest BCUT2D eigenvalue weighted by Crippen LogP contribution is -2.33. The van der Waals surface area contributed by atoms with Crippen molar-refractivity contribution in [1.82, 2.24) is 5.32 Å². The van der Waals surface area contributed by atoms with Crippen LogP contribution in [-0.4, -0.2) is 24.6 Å². The van der Waals surface area contributed by atoms with Crippen LogP contribution >= 0.6 is 27.7 Å². The molecular weight excluding hydrogens is 289 g/mol. The van der Waals surface area contributed by atoms with Crippen molar-refractivity contribution in [3.63, 3.8) is 0 Å². The molecule has 1 N–H and O–H groups in total. The lowest BCUT2D eigenvalue weighted by molar-refractivity contribution is 0.545. The van der Waals surface area contributed by atoms with Crippen LogP contribution in [0.5, 0.6) is 0 Å². The maximum atomic E-state index is 13.6. The maximum absolute atomic E-state index is 13.6. The summed E-state index contributed by atoms with van der Waals surface area (Å²) in [5.41, 5.74) is 0.773. The molecule has 0 aliphatic carbocycles. The van der Waals surface area contributed by atoms with Gasteiger partial charge in [0.15, 0.2) is 0 Å². The van der Waals surface area contributed by atoms with Crippen molar-refractivity contribution in [3.8, 4) is 0 Å². The summed E-state index contributed by atoms with van der Waals surface area (Å²) >= 11 is 5.15. The third kappa shape index (κ3) is 4.44. The molecule has 0 aliphatic heterocycles. The Kier molecular flexibility index (Phi) is 6.39. The largest absolute Gasteiger partial charge is 0.313 e. The molecule has 1 nitrogen and oxygen atoms in total. The van der Waals surface area contributed by atoms with Gasteiger partial charge in [0.25, 0.3) is 0 Å². The first kappa shape index (κ1) is 14.0. The summed E-state index contributed by atoms with van der Waals surface area (Å²) in [6, 6.07) is 5.45. The summed E-state index contributed by atoms with van der Waals surface area (Å²) in [6.07, 6.45) is 2.81. The van der Waals surface area contributed by atoms with Gasteiger partial charge >= 0.3 is 0 Å². The van der Waals surface area contributed by atoms with Gasteiger partial charge in [-0.3, -0.25) is 0 Å². The van der Waals surface area contributed by atoms with Gasteiger partial charge < -0.3 is 5.32 Å². The smallest absolute Gasteiger partial charge is 0.126 e. The van der Waals surface area contributed by atoms with Crippen molar-refractivity contribution in [1.29, 1.82) is 0 Å². The van der Waals surface area contributed by atoms with Crippen LogP contribution < -0.4 is 5.32 Å². The van der Waals surface area contributed by atoms with E-state index in [1.54, 1.807) is 17.8 Å². The molecule has 0 saturated heterocycles. The van der Waals surface area contributed by atoms with E-state index in [2.05, 4.69) is 34.4 Å². The van der Waals surface area contributed by atoms with Gasteiger partial charge in [-0.05, 0) is 43.0 Å². The summed E-state index contributed by atoms with van der Waals surface area (Å²) in [5, 5.41) is 3.38. The van der Waals surface area contributed by atoms with E-state index >= 15 is 0 Å². The Bertz CT molecular complexity index is 327. The Morgan fingerprint density at radius 1 is 1.50 bits per heavy atom. The van der Waals surface area contributed by atoms with Gasteiger partial charge in [0.2, 0.25) is 0 Å². The highest BCUT2D eigenvalue weighted by Crippen LogP contribution is 2.17. The van der Waals surface area contributed by atoms with Gasteiger partial charge in [-0.15, -0.1) is 0 Å². The quantitative estimate of drug-likeness (QED) is 0.863. The van der Waals surface area contributed by atoms with Gasteiger partial charge in [0.1, 0.15) is 5.82 Å². The molecule has 90 valence electrons. The van der Waals surface area contributed by atoms with Crippen LogP contribution in [-0.2, 0) is 6.42 Å². The molecule has 1 aromatic rings. The van der Waals surface area contributed by atoms with Crippen LogP contribution in [0.3, 0.4) is 0 Å². The lowest BCUT2D eigenvalue weighted by Gasteiger charge is -2.17. The van der Waals surface area contributed by atoms with Crippen molar-refractivity contribution in [2.75, 3.05) is 18.6 Å². The molecule has 1 aromatic carbocycles. The van der Waals surface area contributed by atoms with Crippen molar-refractivity contribution in [2.24, 2.45) is 0 Å². The summed E-state index contributed by atoms with van der Waals surface area (Å²) in [6.45, 7) is 2.99. The van der Waals surface area contributed by atoms with Crippen LogP contribution in [0.1, 0.15) is 12.5 Å². The second-order valence-corrected chi connectivity index (χ2v) is 5.48. The zero-order chi connectivity index (χ0) is 12.0. The van der Waals surface area contributed by atoms with Crippen LogP contribution in [0.15, 0.2) is 22.7 Å². The second-order valence-electron chi connectivity index (χ2n) is 3.65. The van der Waals surface area contributed by atoms with Crippen LogP contribution in [0.25, 0.3) is 0 Å². The predicted molar refractivity (Wildman–Crippen MR) is 73.7 cm³/mol. The van der Waals surface area contributed by atoms with Gasteiger partial charge in [-0.2, -0.15) is 11.8 Å². The molecule has 1 unspecified atom stereocenters. The number of likely N-dealkylation sites (N-methyl/N-ethyl adjacent to an activating group) is 1. The molecule has 0 spiro atoms. The van der Waals surface area contributed by atoms with Crippen LogP contribution in [0, 0.1) is 5.82 Å².